The minimum Gasteiger partial charge on any atom is -0.326 e. The topological polar surface area (TPSA) is 105 Å². The molecule has 3 aromatic rings. The minimum atomic E-state index is -0.520. The van der Waals surface area contributed by atoms with E-state index in [0.29, 0.717) is 16.5 Å². The quantitative estimate of drug-likeness (QED) is 0.543. The summed E-state index contributed by atoms with van der Waals surface area (Å²) in [4.78, 5) is 35.6. The predicted molar refractivity (Wildman–Crippen MR) is 103 cm³/mol. The summed E-state index contributed by atoms with van der Waals surface area (Å²) in [6, 6.07) is 13.7. The highest BCUT2D eigenvalue weighted by Gasteiger charge is 2.14. The first-order chi connectivity index (χ1) is 13.0. The number of fused-ring (bicyclic) bond motifs is 1. The Morgan fingerprint density at radius 2 is 1.74 bits per heavy atom. The Morgan fingerprint density at radius 3 is 2.41 bits per heavy atom. The Labute approximate surface area is 154 Å². The van der Waals surface area contributed by atoms with Gasteiger partial charge in [-0.05, 0) is 23.8 Å². The third-order valence-corrected chi connectivity index (χ3v) is 3.78. The lowest BCUT2D eigenvalue weighted by Gasteiger charge is -2.06. The Balaban J connectivity index is 1.77. The molecule has 0 spiro atoms. The smallest absolute Gasteiger partial charge is 0.292 e. The van der Waals surface area contributed by atoms with Crippen molar-refractivity contribution in [2.75, 3.05) is 5.32 Å². The zero-order valence-corrected chi connectivity index (χ0v) is 14.8. The molecular formula is C19H17N5O3. The van der Waals surface area contributed by atoms with E-state index < -0.39 is 5.91 Å². The van der Waals surface area contributed by atoms with Crippen molar-refractivity contribution in [2.24, 2.45) is 12.1 Å². The van der Waals surface area contributed by atoms with E-state index in [4.69, 9.17) is 0 Å². The van der Waals surface area contributed by atoms with Gasteiger partial charge in [-0.1, -0.05) is 30.3 Å². The molecule has 27 heavy (non-hydrogen) atoms. The summed E-state index contributed by atoms with van der Waals surface area (Å²) >= 11 is 0. The molecule has 136 valence electrons. The van der Waals surface area contributed by atoms with Crippen LogP contribution in [0.5, 0.6) is 0 Å². The van der Waals surface area contributed by atoms with Crippen LogP contribution in [0.25, 0.3) is 10.8 Å². The van der Waals surface area contributed by atoms with Crippen molar-refractivity contribution in [1.29, 1.82) is 0 Å². The van der Waals surface area contributed by atoms with E-state index in [1.807, 2.05) is 0 Å². The van der Waals surface area contributed by atoms with Gasteiger partial charge in [-0.3, -0.25) is 14.4 Å². The monoisotopic (exact) mass is 363 g/mol. The lowest BCUT2D eigenvalue weighted by Crippen LogP contribution is -2.27. The molecule has 0 aliphatic rings. The average molecular weight is 363 g/mol. The number of benzene rings is 2. The van der Waals surface area contributed by atoms with Crippen LogP contribution in [0.15, 0.2) is 58.4 Å². The first-order valence-corrected chi connectivity index (χ1v) is 8.13. The Hall–Kier alpha value is -3.81. The largest absolute Gasteiger partial charge is 0.326 e. The second-order valence-corrected chi connectivity index (χ2v) is 5.83. The standard InChI is InChI=1S/C19H17N5O3/c1-12(25)21-14-9-7-13(8-10-14)11-20-22-18(26)17-15-5-3-4-6-16(15)19(27)24(2)23-17/h3-11H,1-2H3,(H,21,25)(H,22,26)/b20-11-. The van der Waals surface area contributed by atoms with E-state index in [2.05, 4.69) is 20.9 Å². The van der Waals surface area contributed by atoms with E-state index in [1.54, 1.807) is 48.5 Å². The van der Waals surface area contributed by atoms with Gasteiger partial charge in [0.05, 0.1) is 11.6 Å². The van der Waals surface area contributed by atoms with Gasteiger partial charge < -0.3 is 5.32 Å². The molecule has 8 nitrogen and oxygen atoms in total. The number of aryl methyl sites for hydroxylation is 1. The van der Waals surface area contributed by atoms with Crippen molar-refractivity contribution in [1.82, 2.24) is 15.2 Å². The fourth-order valence-corrected chi connectivity index (χ4v) is 2.54. The first kappa shape index (κ1) is 18.0. The highest BCUT2D eigenvalue weighted by Crippen LogP contribution is 2.13. The van der Waals surface area contributed by atoms with Crippen LogP contribution < -0.4 is 16.3 Å². The molecule has 0 fully saturated rings. The van der Waals surface area contributed by atoms with Crippen molar-refractivity contribution < 1.29 is 9.59 Å². The molecule has 2 N–H and O–H groups in total. The van der Waals surface area contributed by atoms with Crippen LogP contribution in [0.1, 0.15) is 23.0 Å². The van der Waals surface area contributed by atoms with Crippen LogP contribution in [0.2, 0.25) is 0 Å². The third kappa shape index (κ3) is 4.06. The van der Waals surface area contributed by atoms with Crippen molar-refractivity contribution in [3.05, 3.63) is 70.1 Å². The molecule has 0 bridgehead atoms. The van der Waals surface area contributed by atoms with Crippen LogP contribution in [-0.4, -0.2) is 27.8 Å². The summed E-state index contributed by atoms with van der Waals surface area (Å²) < 4.78 is 1.13. The van der Waals surface area contributed by atoms with E-state index >= 15 is 0 Å². The van der Waals surface area contributed by atoms with Crippen molar-refractivity contribution in [3.8, 4) is 0 Å². The number of hydrazone groups is 1. The summed E-state index contributed by atoms with van der Waals surface area (Å²) in [6.07, 6.45) is 1.47. The molecular weight excluding hydrogens is 346 g/mol. The zero-order chi connectivity index (χ0) is 19.4. The molecule has 0 radical (unpaired) electrons. The summed E-state index contributed by atoms with van der Waals surface area (Å²) in [7, 11) is 1.49. The maximum atomic E-state index is 12.4. The minimum absolute atomic E-state index is 0.117. The normalized spacial score (nSPS) is 10.9. The molecule has 1 aromatic heterocycles. The maximum absolute atomic E-state index is 12.4. The van der Waals surface area contributed by atoms with Gasteiger partial charge in [0.25, 0.3) is 11.5 Å². The van der Waals surface area contributed by atoms with E-state index in [-0.39, 0.29) is 17.2 Å². The zero-order valence-electron chi connectivity index (χ0n) is 14.8. The van der Waals surface area contributed by atoms with Gasteiger partial charge in [0.1, 0.15) is 0 Å². The highest BCUT2D eigenvalue weighted by atomic mass is 16.2. The van der Waals surface area contributed by atoms with Crippen LogP contribution >= 0.6 is 0 Å². The molecule has 2 aromatic carbocycles. The average Bonchev–Trinajstić information content (AvgIpc) is 2.65. The number of nitrogens with one attached hydrogen (secondary N) is 2. The van der Waals surface area contributed by atoms with Crippen LogP contribution in [0, 0.1) is 0 Å². The molecule has 0 unspecified atom stereocenters. The number of rotatable bonds is 4. The summed E-state index contributed by atoms with van der Waals surface area (Å²) in [5.74, 6) is -0.673. The second-order valence-electron chi connectivity index (χ2n) is 5.83. The van der Waals surface area contributed by atoms with Crippen molar-refractivity contribution >= 4 is 34.5 Å². The fourth-order valence-electron chi connectivity index (χ4n) is 2.54. The Bertz CT molecular complexity index is 1100. The number of nitrogens with zero attached hydrogens (tertiary/aromatic N) is 3. The van der Waals surface area contributed by atoms with Gasteiger partial charge in [0.2, 0.25) is 5.91 Å². The summed E-state index contributed by atoms with van der Waals surface area (Å²) in [5.41, 5.74) is 3.67. The molecule has 3 rings (SSSR count). The first-order valence-electron chi connectivity index (χ1n) is 8.13. The van der Waals surface area contributed by atoms with Crippen LogP contribution in [0.4, 0.5) is 5.69 Å². The number of hydrogen-bond acceptors (Lipinski definition) is 5. The molecule has 1 heterocycles. The summed E-state index contributed by atoms with van der Waals surface area (Å²) in [6.45, 7) is 1.43. The molecule has 0 aliphatic carbocycles. The molecule has 2 amide bonds. The van der Waals surface area contributed by atoms with Gasteiger partial charge in [-0.2, -0.15) is 10.2 Å². The molecule has 0 atom stereocenters. The van der Waals surface area contributed by atoms with Crippen molar-refractivity contribution in [2.45, 2.75) is 6.92 Å². The lowest BCUT2D eigenvalue weighted by atomic mass is 10.1. The van der Waals surface area contributed by atoms with Gasteiger partial charge >= 0.3 is 0 Å². The highest BCUT2D eigenvalue weighted by molar-refractivity contribution is 6.05. The van der Waals surface area contributed by atoms with Gasteiger partial charge in [0, 0.05) is 25.0 Å². The fraction of sp³-hybridized carbons (Fsp3) is 0.105. The van der Waals surface area contributed by atoms with Crippen molar-refractivity contribution in [3.63, 3.8) is 0 Å². The Morgan fingerprint density at radius 1 is 1.07 bits per heavy atom. The van der Waals surface area contributed by atoms with E-state index in [0.717, 1.165) is 10.2 Å². The SMILES string of the molecule is CC(=O)Nc1ccc(/C=N\NC(=O)c2nn(C)c(=O)c3ccccc23)cc1. The van der Waals surface area contributed by atoms with Gasteiger partial charge in [-0.25, -0.2) is 10.1 Å². The molecule has 0 saturated carbocycles. The number of carbonyl (C=O) groups excluding carboxylic acids is 2. The number of amides is 2. The van der Waals surface area contributed by atoms with Gasteiger partial charge in [0.15, 0.2) is 5.69 Å². The maximum Gasteiger partial charge on any atom is 0.292 e. The number of hydrogen-bond donors (Lipinski definition) is 2. The van der Waals surface area contributed by atoms with Crippen LogP contribution in [0.3, 0.4) is 0 Å². The molecule has 8 heteroatoms. The number of aromatic nitrogens is 2. The molecule has 0 saturated heterocycles. The number of anilines is 1. The lowest BCUT2D eigenvalue weighted by molar-refractivity contribution is -0.114. The van der Waals surface area contributed by atoms with Gasteiger partial charge in [-0.15, -0.1) is 0 Å². The third-order valence-electron chi connectivity index (χ3n) is 3.78. The van der Waals surface area contributed by atoms with E-state index in [1.165, 1.54) is 20.2 Å². The molecule has 0 aliphatic heterocycles. The summed E-state index contributed by atoms with van der Waals surface area (Å²) in [5, 5.41) is 11.5. The van der Waals surface area contributed by atoms with Crippen LogP contribution in [-0.2, 0) is 11.8 Å². The van der Waals surface area contributed by atoms with E-state index in [9.17, 15) is 14.4 Å². The second kappa shape index (κ2) is 7.61. The number of carbonyl (C=O) groups is 2. The predicted octanol–water partition coefficient (Wildman–Crippen LogP) is 1.66. The Kier molecular flexibility index (Phi) is 5.07.